The molecule has 1 unspecified atom stereocenters. The first kappa shape index (κ1) is 14.8. The van der Waals surface area contributed by atoms with Gasteiger partial charge in [0.05, 0.1) is 10.4 Å². The molecule has 0 spiro atoms. The van der Waals surface area contributed by atoms with Gasteiger partial charge in [0.25, 0.3) is 5.69 Å². The van der Waals surface area contributed by atoms with Gasteiger partial charge in [-0.05, 0) is 30.7 Å². The number of benzene rings is 2. The highest BCUT2D eigenvalue weighted by atomic mass is 19.1. The van der Waals surface area contributed by atoms with Crippen LogP contribution in [0.4, 0.5) is 15.9 Å². The lowest BCUT2D eigenvalue weighted by atomic mass is 10.1. The smallest absolute Gasteiger partial charge is 0.270 e. The Kier molecular flexibility index (Phi) is 3.84. The molecule has 0 saturated heterocycles. The molecule has 0 aliphatic heterocycles. The molecule has 0 aliphatic carbocycles. The van der Waals surface area contributed by atoms with E-state index in [2.05, 4.69) is 15.3 Å². The molecular formula is C16H13FN4O2. The zero-order valence-electron chi connectivity index (χ0n) is 12.2. The van der Waals surface area contributed by atoms with Crippen molar-refractivity contribution in [3.63, 3.8) is 0 Å². The number of aromatic nitrogens is 2. The van der Waals surface area contributed by atoms with Gasteiger partial charge in [-0.2, -0.15) is 0 Å². The van der Waals surface area contributed by atoms with E-state index < -0.39 is 4.92 Å². The molecule has 1 N–H and O–H groups in total. The third-order valence-corrected chi connectivity index (χ3v) is 3.55. The van der Waals surface area contributed by atoms with Gasteiger partial charge in [-0.3, -0.25) is 10.1 Å². The summed E-state index contributed by atoms with van der Waals surface area (Å²) in [6.07, 6.45) is 1.40. The molecule has 23 heavy (non-hydrogen) atoms. The van der Waals surface area contributed by atoms with E-state index in [1.807, 2.05) is 6.92 Å². The zero-order valence-corrected chi connectivity index (χ0v) is 12.2. The number of hydrogen-bond donors (Lipinski definition) is 1. The first-order chi connectivity index (χ1) is 11.0. The number of nitro benzene ring substituents is 1. The second-order valence-electron chi connectivity index (χ2n) is 5.10. The van der Waals surface area contributed by atoms with Crippen LogP contribution in [0.2, 0.25) is 0 Å². The van der Waals surface area contributed by atoms with Crippen molar-refractivity contribution < 1.29 is 9.31 Å². The molecule has 0 aliphatic rings. The number of anilines is 1. The minimum Gasteiger partial charge on any atom is -0.363 e. The Morgan fingerprint density at radius 1 is 1.17 bits per heavy atom. The molecular weight excluding hydrogens is 299 g/mol. The quantitative estimate of drug-likeness (QED) is 0.584. The van der Waals surface area contributed by atoms with E-state index in [-0.39, 0.29) is 17.5 Å². The van der Waals surface area contributed by atoms with E-state index in [1.54, 1.807) is 18.2 Å². The van der Waals surface area contributed by atoms with Crippen molar-refractivity contribution in [2.45, 2.75) is 13.0 Å². The Labute approximate surface area is 131 Å². The summed E-state index contributed by atoms with van der Waals surface area (Å²) >= 11 is 0. The average molecular weight is 312 g/mol. The molecule has 0 fully saturated rings. The van der Waals surface area contributed by atoms with E-state index in [0.717, 1.165) is 5.56 Å². The summed E-state index contributed by atoms with van der Waals surface area (Å²) in [6, 6.07) is 10.4. The molecule has 3 aromatic rings. The summed E-state index contributed by atoms with van der Waals surface area (Å²) in [4.78, 5) is 18.8. The Morgan fingerprint density at radius 3 is 2.61 bits per heavy atom. The molecule has 1 atom stereocenters. The number of nitrogens with zero attached hydrogens (tertiary/aromatic N) is 3. The van der Waals surface area contributed by atoms with Crippen molar-refractivity contribution in [3.05, 3.63) is 70.3 Å². The van der Waals surface area contributed by atoms with Gasteiger partial charge in [0, 0.05) is 23.6 Å². The molecule has 3 rings (SSSR count). The number of nitrogens with one attached hydrogen (secondary N) is 1. The van der Waals surface area contributed by atoms with Crippen molar-refractivity contribution in [2.75, 3.05) is 5.32 Å². The highest BCUT2D eigenvalue weighted by Crippen LogP contribution is 2.27. The van der Waals surface area contributed by atoms with Crippen molar-refractivity contribution in [2.24, 2.45) is 0 Å². The fourth-order valence-electron chi connectivity index (χ4n) is 2.31. The maximum atomic E-state index is 13.0. The van der Waals surface area contributed by atoms with Gasteiger partial charge in [-0.1, -0.05) is 12.1 Å². The minimum atomic E-state index is -0.459. The number of non-ortho nitro benzene ring substituents is 1. The highest BCUT2D eigenvalue weighted by molar-refractivity contribution is 5.90. The largest absolute Gasteiger partial charge is 0.363 e. The minimum absolute atomic E-state index is 0.0233. The molecule has 0 saturated carbocycles. The van der Waals surface area contributed by atoms with E-state index in [1.165, 1.54) is 30.6 Å². The standard InChI is InChI=1S/C16H13FN4O2/c1-10(11-2-4-12(17)5-3-11)20-16-14-8-13(21(22)23)6-7-15(14)18-9-19-16/h2-10H,1H3,(H,18,19,20). The summed E-state index contributed by atoms with van der Waals surface area (Å²) < 4.78 is 13.0. The van der Waals surface area contributed by atoms with Crippen molar-refractivity contribution in [1.82, 2.24) is 9.97 Å². The third kappa shape index (κ3) is 3.08. The number of hydrogen-bond acceptors (Lipinski definition) is 5. The van der Waals surface area contributed by atoms with Gasteiger partial charge in [-0.25, -0.2) is 14.4 Å². The Hall–Kier alpha value is -3.09. The van der Waals surface area contributed by atoms with Crippen LogP contribution in [-0.2, 0) is 0 Å². The molecule has 6 nitrogen and oxygen atoms in total. The SMILES string of the molecule is CC(Nc1ncnc2ccc([N+](=O)[O-])cc12)c1ccc(F)cc1. The van der Waals surface area contributed by atoms with Gasteiger partial charge in [0.2, 0.25) is 0 Å². The predicted molar refractivity (Wildman–Crippen MR) is 84.6 cm³/mol. The lowest BCUT2D eigenvalue weighted by Crippen LogP contribution is -2.08. The molecule has 7 heteroatoms. The Bertz CT molecular complexity index is 868. The summed E-state index contributed by atoms with van der Waals surface area (Å²) in [5, 5.41) is 14.7. The lowest BCUT2D eigenvalue weighted by molar-refractivity contribution is -0.384. The second kappa shape index (κ2) is 5.96. The average Bonchev–Trinajstić information content (AvgIpc) is 2.55. The molecule has 0 radical (unpaired) electrons. The monoisotopic (exact) mass is 312 g/mol. The molecule has 1 aromatic heterocycles. The van der Waals surface area contributed by atoms with Crippen molar-refractivity contribution >= 4 is 22.4 Å². The highest BCUT2D eigenvalue weighted by Gasteiger charge is 2.13. The van der Waals surface area contributed by atoms with Crippen molar-refractivity contribution in [1.29, 1.82) is 0 Å². The van der Waals surface area contributed by atoms with Crippen LogP contribution in [-0.4, -0.2) is 14.9 Å². The predicted octanol–water partition coefficient (Wildman–Crippen LogP) is 3.85. The van der Waals surface area contributed by atoms with Gasteiger partial charge in [0.15, 0.2) is 0 Å². The third-order valence-electron chi connectivity index (χ3n) is 3.55. The van der Waals surface area contributed by atoms with E-state index in [9.17, 15) is 14.5 Å². The normalized spacial score (nSPS) is 12.1. The van der Waals surface area contributed by atoms with Gasteiger partial charge in [0.1, 0.15) is 18.0 Å². The maximum absolute atomic E-state index is 13.0. The van der Waals surface area contributed by atoms with Gasteiger partial charge < -0.3 is 5.32 Å². The lowest BCUT2D eigenvalue weighted by Gasteiger charge is -2.16. The topological polar surface area (TPSA) is 81.0 Å². The molecule has 1 heterocycles. The first-order valence-electron chi connectivity index (χ1n) is 6.96. The summed E-state index contributed by atoms with van der Waals surface area (Å²) in [5.74, 6) is 0.194. The van der Waals surface area contributed by atoms with E-state index >= 15 is 0 Å². The number of rotatable bonds is 4. The Morgan fingerprint density at radius 2 is 1.91 bits per heavy atom. The van der Waals surface area contributed by atoms with Crippen LogP contribution in [0.5, 0.6) is 0 Å². The Balaban J connectivity index is 1.97. The van der Waals surface area contributed by atoms with Gasteiger partial charge in [-0.15, -0.1) is 0 Å². The number of halogens is 1. The summed E-state index contributed by atoms with van der Waals surface area (Å²) in [5.41, 5.74) is 1.47. The van der Waals surface area contributed by atoms with E-state index in [0.29, 0.717) is 16.7 Å². The van der Waals surface area contributed by atoms with E-state index in [4.69, 9.17) is 0 Å². The van der Waals surface area contributed by atoms with Crippen LogP contribution < -0.4 is 5.32 Å². The van der Waals surface area contributed by atoms with Crippen LogP contribution in [0.3, 0.4) is 0 Å². The van der Waals surface area contributed by atoms with Crippen LogP contribution in [0.15, 0.2) is 48.8 Å². The zero-order chi connectivity index (χ0) is 16.4. The fourth-order valence-corrected chi connectivity index (χ4v) is 2.31. The summed E-state index contributed by atoms with van der Waals surface area (Å²) in [7, 11) is 0. The number of fused-ring (bicyclic) bond motifs is 1. The summed E-state index contributed by atoms with van der Waals surface area (Å²) in [6.45, 7) is 1.90. The van der Waals surface area contributed by atoms with Crippen LogP contribution in [0, 0.1) is 15.9 Å². The molecule has 116 valence electrons. The van der Waals surface area contributed by atoms with Crippen LogP contribution in [0.1, 0.15) is 18.5 Å². The molecule has 2 aromatic carbocycles. The molecule has 0 amide bonds. The maximum Gasteiger partial charge on any atom is 0.270 e. The fraction of sp³-hybridized carbons (Fsp3) is 0.125. The van der Waals surface area contributed by atoms with Crippen molar-refractivity contribution in [3.8, 4) is 0 Å². The van der Waals surface area contributed by atoms with Crippen LogP contribution >= 0.6 is 0 Å². The molecule has 0 bridgehead atoms. The first-order valence-corrected chi connectivity index (χ1v) is 6.96. The van der Waals surface area contributed by atoms with Gasteiger partial charge >= 0.3 is 0 Å². The second-order valence-corrected chi connectivity index (χ2v) is 5.10. The van der Waals surface area contributed by atoms with Crippen LogP contribution in [0.25, 0.3) is 10.9 Å². The number of nitro groups is 1.